The van der Waals surface area contributed by atoms with Gasteiger partial charge in [-0.1, -0.05) is 12.1 Å². The molecule has 0 aliphatic heterocycles. The Bertz CT molecular complexity index is 1190. The van der Waals surface area contributed by atoms with Gasteiger partial charge < -0.3 is 5.32 Å². The van der Waals surface area contributed by atoms with Crippen molar-refractivity contribution >= 4 is 50.6 Å². The van der Waals surface area contributed by atoms with E-state index in [0.29, 0.717) is 5.69 Å². The van der Waals surface area contributed by atoms with Crippen LogP contribution in [0.3, 0.4) is 0 Å². The number of carbonyl (C=O) groups excluding carboxylic acids is 1. The zero-order valence-electron chi connectivity index (χ0n) is 13.8. The lowest BCUT2D eigenvalue weighted by atomic mass is 10.1. The van der Waals surface area contributed by atoms with Crippen LogP contribution < -0.4 is 5.32 Å². The first-order chi connectivity index (χ1) is 13.3. The smallest absolute Gasteiger partial charge is 0.275 e. The average molecular weight is 409 g/mol. The third-order valence-corrected chi connectivity index (χ3v) is 6.38. The predicted molar refractivity (Wildman–Crippen MR) is 112 cm³/mol. The Morgan fingerprint density at radius 3 is 2.63 bits per heavy atom. The zero-order valence-corrected chi connectivity index (χ0v) is 16.3. The second-order valence-electron chi connectivity index (χ2n) is 5.80. The van der Waals surface area contributed by atoms with Crippen molar-refractivity contribution in [2.45, 2.75) is 0 Å². The molecule has 0 unspecified atom stereocenters. The molecule has 4 heterocycles. The van der Waals surface area contributed by atoms with Gasteiger partial charge in [0.2, 0.25) is 0 Å². The van der Waals surface area contributed by atoms with E-state index in [1.165, 1.54) is 11.3 Å². The highest BCUT2D eigenvalue weighted by Crippen LogP contribution is 2.26. The predicted octanol–water partition coefficient (Wildman–Crippen LogP) is 5.50. The number of rotatable bonds is 4. The van der Waals surface area contributed by atoms with Crippen LogP contribution in [-0.4, -0.2) is 20.3 Å². The van der Waals surface area contributed by atoms with Gasteiger partial charge in [-0.25, -0.2) is 9.97 Å². The van der Waals surface area contributed by atoms with Crippen LogP contribution >= 0.6 is 34.0 Å². The highest BCUT2D eigenvalue weighted by molar-refractivity contribution is 7.15. The van der Waals surface area contributed by atoms with E-state index in [2.05, 4.69) is 15.3 Å². The van der Waals surface area contributed by atoms with Crippen molar-refractivity contribution in [3.8, 4) is 21.8 Å². The highest BCUT2D eigenvalue weighted by Gasteiger charge is 2.13. The number of anilines is 1. The molecule has 0 fully saturated rings. The number of thiazole rings is 2. The third-order valence-electron chi connectivity index (χ3n) is 4.04. The molecular weight excluding hydrogens is 396 g/mol. The number of carbonyl (C=O) groups is 1. The second-order valence-corrected chi connectivity index (χ2v) is 8.31. The average Bonchev–Trinajstić information content (AvgIpc) is 3.45. The minimum Gasteiger partial charge on any atom is -0.321 e. The van der Waals surface area contributed by atoms with Gasteiger partial charge in [-0.3, -0.25) is 9.20 Å². The summed E-state index contributed by atoms with van der Waals surface area (Å²) in [6.07, 6.45) is 3.99. The molecule has 0 saturated heterocycles. The van der Waals surface area contributed by atoms with Crippen LogP contribution in [0.25, 0.3) is 26.8 Å². The van der Waals surface area contributed by atoms with E-state index in [-0.39, 0.29) is 5.91 Å². The SMILES string of the molecule is O=C(Nc1ccc(-c2cn3ccsc3n2)cc1)c1csc(-c2ccsc2)n1. The van der Waals surface area contributed by atoms with E-state index in [1.807, 2.05) is 63.3 Å². The zero-order chi connectivity index (χ0) is 18.2. The molecular formula is C19H12N4OS3. The van der Waals surface area contributed by atoms with Gasteiger partial charge in [-0.2, -0.15) is 11.3 Å². The third kappa shape index (κ3) is 3.18. The molecule has 132 valence electrons. The van der Waals surface area contributed by atoms with Crippen molar-refractivity contribution in [2.75, 3.05) is 5.32 Å². The summed E-state index contributed by atoms with van der Waals surface area (Å²) in [7, 11) is 0. The van der Waals surface area contributed by atoms with Crippen LogP contribution in [0.4, 0.5) is 5.69 Å². The first-order valence-corrected chi connectivity index (χ1v) is 10.8. The standard InChI is InChI=1S/C19H12N4OS3/c24-17(16-11-27-18(21-16)13-5-7-25-10-13)20-14-3-1-12(2-4-14)15-9-23-6-8-26-19(23)22-15/h1-11H,(H,20,24). The van der Waals surface area contributed by atoms with Crippen molar-refractivity contribution in [2.24, 2.45) is 0 Å². The fraction of sp³-hybridized carbons (Fsp3) is 0. The number of imidazole rings is 1. The van der Waals surface area contributed by atoms with E-state index >= 15 is 0 Å². The summed E-state index contributed by atoms with van der Waals surface area (Å²) < 4.78 is 2.00. The monoisotopic (exact) mass is 408 g/mol. The van der Waals surface area contributed by atoms with Crippen molar-refractivity contribution in [1.82, 2.24) is 14.4 Å². The Labute approximate surface area is 166 Å². The topological polar surface area (TPSA) is 59.3 Å². The van der Waals surface area contributed by atoms with Gasteiger partial charge in [0.05, 0.1) is 5.69 Å². The number of nitrogens with zero attached hydrogens (tertiary/aromatic N) is 3. The first kappa shape index (κ1) is 16.4. The number of nitrogens with one attached hydrogen (secondary N) is 1. The Balaban J connectivity index is 1.32. The van der Waals surface area contributed by atoms with Gasteiger partial charge in [0.1, 0.15) is 10.7 Å². The first-order valence-electron chi connectivity index (χ1n) is 8.08. The van der Waals surface area contributed by atoms with Gasteiger partial charge in [-0.15, -0.1) is 22.7 Å². The molecule has 1 N–H and O–H groups in total. The molecule has 4 aromatic heterocycles. The van der Waals surface area contributed by atoms with Crippen molar-refractivity contribution in [3.63, 3.8) is 0 Å². The lowest BCUT2D eigenvalue weighted by Gasteiger charge is -2.04. The number of fused-ring (bicyclic) bond motifs is 1. The van der Waals surface area contributed by atoms with Crippen LogP contribution in [-0.2, 0) is 0 Å². The summed E-state index contributed by atoms with van der Waals surface area (Å²) in [5.41, 5.74) is 4.14. The molecule has 8 heteroatoms. The number of hydrogen-bond donors (Lipinski definition) is 1. The van der Waals surface area contributed by atoms with Crippen LogP contribution in [0.2, 0.25) is 0 Å². The summed E-state index contributed by atoms with van der Waals surface area (Å²) in [4.78, 5) is 22.4. The van der Waals surface area contributed by atoms with Crippen LogP contribution in [0.15, 0.2) is 64.2 Å². The summed E-state index contributed by atoms with van der Waals surface area (Å²) in [6, 6.07) is 9.68. The van der Waals surface area contributed by atoms with Crippen molar-refractivity contribution < 1.29 is 4.79 Å². The van der Waals surface area contributed by atoms with Crippen LogP contribution in [0, 0.1) is 0 Å². The minimum absolute atomic E-state index is 0.206. The number of amides is 1. The molecule has 0 spiro atoms. The summed E-state index contributed by atoms with van der Waals surface area (Å²) in [5, 5.41) is 11.6. The van der Waals surface area contributed by atoms with Gasteiger partial charge in [0.25, 0.3) is 5.91 Å². The minimum atomic E-state index is -0.206. The van der Waals surface area contributed by atoms with Gasteiger partial charge in [-0.05, 0) is 23.6 Å². The van der Waals surface area contributed by atoms with E-state index in [1.54, 1.807) is 28.1 Å². The number of thiophene rings is 1. The maximum atomic E-state index is 12.5. The van der Waals surface area contributed by atoms with E-state index in [0.717, 1.165) is 32.5 Å². The summed E-state index contributed by atoms with van der Waals surface area (Å²) in [5.74, 6) is -0.206. The fourth-order valence-corrected chi connectivity index (χ4v) is 4.90. The maximum absolute atomic E-state index is 12.5. The molecule has 27 heavy (non-hydrogen) atoms. The molecule has 1 aromatic carbocycles. The molecule has 0 bridgehead atoms. The molecule has 1 amide bonds. The largest absolute Gasteiger partial charge is 0.321 e. The Hall–Kier alpha value is -2.81. The van der Waals surface area contributed by atoms with Gasteiger partial charge in [0, 0.05) is 45.3 Å². The van der Waals surface area contributed by atoms with Gasteiger partial charge >= 0.3 is 0 Å². The van der Waals surface area contributed by atoms with Crippen molar-refractivity contribution in [3.05, 3.63) is 69.9 Å². The molecule has 0 aliphatic carbocycles. The maximum Gasteiger partial charge on any atom is 0.275 e. The molecule has 0 aliphatic rings. The summed E-state index contributed by atoms with van der Waals surface area (Å²) >= 11 is 4.69. The molecule has 0 atom stereocenters. The molecule has 5 nitrogen and oxygen atoms in total. The van der Waals surface area contributed by atoms with Crippen LogP contribution in [0.5, 0.6) is 0 Å². The quantitative estimate of drug-likeness (QED) is 0.427. The van der Waals surface area contributed by atoms with Gasteiger partial charge in [0.15, 0.2) is 4.96 Å². The molecule has 0 radical (unpaired) electrons. The van der Waals surface area contributed by atoms with E-state index in [4.69, 9.17) is 0 Å². The number of hydrogen-bond acceptors (Lipinski definition) is 6. The highest BCUT2D eigenvalue weighted by atomic mass is 32.1. The summed E-state index contributed by atoms with van der Waals surface area (Å²) in [6.45, 7) is 0. The lowest BCUT2D eigenvalue weighted by molar-refractivity contribution is 0.102. The molecule has 5 rings (SSSR count). The Kier molecular flexibility index (Phi) is 4.08. The lowest BCUT2D eigenvalue weighted by Crippen LogP contribution is -2.12. The van der Waals surface area contributed by atoms with E-state index < -0.39 is 0 Å². The number of aromatic nitrogens is 3. The fourth-order valence-electron chi connectivity index (χ4n) is 2.68. The second kappa shape index (κ2) is 6.73. The molecule has 5 aromatic rings. The Morgan fingerprint density at radius 2 is 1.85 bits per heavy atom. The normalized spacial score (nSPS) is 11.1. The van der Waals surface area contributed by atoms with Crippen LogP contribution in [0.1, 0.15) is 10.5 Å². The van der Waals surface area contributed by atoms with E-state index in [9.17, 15) is 4.79 Å². The molecule has 0 saturated carbocycles. The van der Waals surface area contributed by atoms with Crippen molar-refractivity contribution in [1.29, 1.82) is 0 Å². The Morgan fingerprint density at radius 1 is 0.963 bits per heavy atom. The number of benzene rings is 1.